The number of furan rings is 1. The molecule has 2 aromatic rings. The van der Waals surface area contributed by atoms with Crippen molar-refractivity contribution >= 4 is 17.5 Å². The number of nitrogens with zero attached hydrogens (tertiary/aromatic N) is 1. The van der Waals surface area contributed by atoms with Crippen molar-refractivity contribution in [1.29, 1.82) is 0 Å². The van der Waals surface area contributed by atoms with E-state index >= 15 is 0 Å². The Kier molecular flexibility index (Phi) is 4.21. The number of piperidine rings is 1. The Hall–Kier alpha value is -3.10. The Balaban J connectivity index is 1.41. The second-order valence-corrected chi connectivity index (χ2v) is 6.39. The van der Waals surface area contributed by atoms with E-state index in [1.165, 1.54) is 24.5 Å². The van der Waals surface area contributed by atoms with Crippen molar-refractivity contribution in [2.45, 2.75) is 19.1 Å². The fourth-order valence-electron chi connectivity index (χ4n) is 3.20. The Morgan fingerprint density at radius 1 is 1.19 bits per heavy atom. The number of fused-ring (bicyclic) bond motifs is 1. The molecule has 1 aromatic carbocycles. The van der Waals surface area contributed by atoms with Crippen LogP contribution in [0.15, 0.2) is 41.0 Å². The van der Waals surface area contributed by atoms with Gasteiger partial charge in [-0.05, 0) is 37.1 Å². The highest BCUT2D eigenvalue weighted by Gasteiger charge is 2.43. The summed E-state index contributed by atoms with van der Waals surface area (Å²) in [6.45, 7) is 0.802. The van der Waals surface area contributed by atoms with Crippen LogP contribution < -0.4 is 14.8 Å². The van der Waals surface area contributed by atoms with Gasteiger partial charge in [0.25, 0.3) is 5.91 Å². The van der Waals surface area contributed by atoms with Gasteiger partial charge < -0.3 is 24.1 Å². The zero-order valence-corrected chi connectivity index (χ0v) is 14.1. The molecular weight excluding hydrogens is 362 g/mol. The van der Waals surface area contributed by atoms with Crippen LogP contribution in [0.25, 0.3) is 0 Å². The van der Waals surface area contributed by atoms with Gasteiger partial charge in [0, 0.05) is 24.8 Å². The fourth-order valence-corrected chi connectivity index (χ4v) is 3.20. The third kappa shape index (κ3) is 3.57. The van der Waals surface area contributed by atoms with Crippen LogP contribution in [0, 0.1) is 5.92 Å². The van der Waals surface area contributed by atoms with Gasteiger partial charge in [-0.25, -0.2) is 0 Å². The largest absolute Gasteiger partial charge is 0.586 e. The number of likely N-dealkylation sites (tertiary alicyclic amines) is 1. The average molecular weight is 378 g/mol. The number of ether oxygens (including phenoxy) is 2. The summed E-state index contributed by atoms with van der Waals surface area (Å²) in [6, 6.07) is 7.25. The Morgan fingerprint density at radius 3 is 2.78 bits per heavy atom. The van der Waals surface area contributed by atoms with Crippen LogP contribution in [0.5, 0.6) is 11.5 Å². The number of hydrogen-bond acceptors (Lipinski definition) is 5. The van der Waals surface area contributed by atoms with Crippen LogP contribution >= 0.6 is 0 Å². The molecule has 4 rings (SSSR count). The highest BCUT2D eigenvalue weighted by Crippen LogP contribution is 2.42. The number of carbonyl (C=O) groups is 2. The molecule has 0 spiro atoms. The monoisotopic (exact) mass is 378 g/mol. The van der Waals surface area contributed by atoms with Gasteiger partial charge in [-0.15, -0.1) is 8.78 Å². The molecule has 142 valence electrons. The third-order valence-corrected chi connectivity index (χ3v) is 4.48. The maximum absolute atomic E-state index is 13.1. The second kappa shape index (κ2) is 6.57. The quantitative estimate of drug-likeness (QED) is 0.888. The molecule has 1 atom stereocenters. The molecule has 1 aromatic heterocycles. The maximum Gasteiger partial charge on any atom is 0.586 e. The standard InChI is InChI=1S/C18H16F2N2O5/c19-18(20)26-13-6-5-12(9-15(13)27-18)21-16(23)11-3-1-7-22(10-11)17(24)14-4-2-8-25-14/h2,4-6,8-9,11H,1,3,7,10H2,(H,21,23)/t11-/m1/s1. The summed E-state index contributed by atoms with van der Waals surface area (Å²) in [5.41, 5.74) is 0.314. The molecule has 3 heterocycles. The number of hydrogen-bond donors (Lipinski definition) is 1. The number of rotatable bonds is 3. The molecule has 1 fully saturated rings. The van der Waals surface area contributed by atoms with Gasteiger partial charge in [0.1, 0.15) is 0 Å². The topological polar surface area (TPSA) is 81.0 Å². The number of amides is 2. The molecular formula is C18H16F2N2O5. The lowest BCUT2D eigenvalue weighted by Crippen LogP contribution is -2.43. The van der Waals surface area contributed by atoms with E-state index < -0.39 is 12.2 Å². The summed E-state index contributed by atoms with van der Waals surface area (Å²) in [5, 5.41) is 2.68. The van der Waals surface area contributed by atoms with E-state index in [9.17, 15) is 18.4 Å². The first-order chi connectivity index (χ1) is 12.9. The van der Waals surface area contributed by atoms with Gasteiger partial charge in [-0.1, -0.05) is 0 Å². The molecule has 2 aliphatic heterocycles. The van der Waals surface area contributed by atoms with E-state index in [2.05, 4.69) is 14.8 Å². The maximum atomic E-state index is 13.1. The normalized spacial score (nSPS) is 20.4. The minimum atomic E-state index is -3.71. The molecule has 7 nitrogen and oxygen atoms in total. The molecule has 0 unspecified atom stereocenters. The van der Waals surface area contributed by atoms with E-state index in [-0.39, 0.29) is 35.6 Å². The smallest absolute Gasteiger partial charge is 0.459 e. The lowest BCUT2D eigenvalue weighted by atomic mass is 9.96. The second-order valence-electron chi connectivity index (χ2n) is 6.39. The predicted molar refractivity (Wildman–Crippen MR) is 88.6 cm³/mol. The molecule has 9 heteroatoms. The first-order valence-electron chi connectivity index (χ1n) is 8.45. The van der Waals surface area contributed by atoms with Gasteiger partial charge in [-0.3, -0.25) is 9.59 Å². The van der Waals surface area contributed by atoms with Crippen molar-refractivity contribution in [2.24, 2.45) is 5.92 Å². The third-order valence-electron chi connectivity index (χ3n) is 4.48. The molecule has 1 N–H and O–H groups in total. The number of benzene rings is 1. The van der Waals surface area contributed by atoms with E-state index in [0.717, 1.165) is 0 Å². The van der Waals surface area contributed by atoms with E-state index in [4.69, 9.17) is 4.42 Å². The van der Waals surface area contributed by atoms with E-state index in [1.54, 1.807) is 17.0 Å². The molecule has 2 aliphatic rings. The van der Waals surface area contributed by atoms with Gasteiger partial charge in [0.05, 0.1) is 12.2 Å². The lowest BCUT2D eigenvalue weighted by molar-refractivity contribution is -0.286. The fraction of sp³-hybridized carbons (Fsp3) is 0.333. The molecule has 0 saturated carbocycles. The van der Waals surface area contributed by atoms with Gasteiger partial charge in [-0.2, -0.15) is 0 Å². The minimum absolute atomic E-state index is 0.0918. The van der Waals surface area contributed by atoms with Crippen molar-refractivity contribution in [3.63, 3.8) is 0 Å². The number of carbonyl (C=O) groups excluding carboxylic acids is 2. The average Bonchev–Trinajstić information content (AvgIpc) is 3.27. The Morgan fingerprint density at radius 2 is 2.00 bits per heavy atom. The first-order valence-corrected chi connectivity index (χ1v) is 8.45. The van der Waals surface area contributed by atoms with Crippen LogP contribution in [0.1, 0.15) is 23.4 Å². The van der Waals surface area contributed by atoms with Crippen molar-refractivity contribution in [1.82, 2.24) is 4.90 Å². The summed E-state index contributed by atoms with van der Waals surface area (Å²) < 4.78 is 40.0. The molecule has 0 aliphatic carbocycles. The zero-order chi connectivity index (χ0) is 19.0. The van der Waals surface area contributed by atoms with Gasteiger partial charge in [0.2, 0.25) is 5.91 Å². The van der Waals surface area contributed by atoms with E-state index in [0.29, 0.717) is 25.1 Å². The summed E-state index contributed by atoms with van der Waals surface area (Å²) in [4.78, 5) is 26.5. The number of halogens is 2. The molecule has 0 radical (unpaired) electrons. The van der Waals surface area contributed by atoms with Crippen LogP contribution in [0.4, 0.5) is 14.5 Å². The first kappa shape index (κ1) is 17.3. The highest BCUT2D eigenvalue weighted by atomic mass is 19.3. The minimum Gasteiger partial charge on any atom is -0.459 e. The van der Waals surface area contributed by atoms with Crippen molar-refractivity contribution in [2.75, 3.05) is 18.4 Å². The highest BCUT2D eigenvalue weighted by molar-refractivity contribution is 5.95. The SMILES string of the molecule is O=C(Nc1ccc2c(c1)OC(F)(F)O2)[C@@H]1CCCN(C(=O)c2ccco2)C1. The van der Waals surface area contributed by atoms with Crippen LogP contribution in [-0.4, -0.2) is 36.1 Å². The van der Waals surface area contributed by atoms with Crippen molar-refractivity contribution in [3.8, 4) is 11.5 Å². The van der Waals surface area contributed by atoms with Crippen LogP contribution in [0.3, 0.4) is 0 Å². The summed E-state index contributed by atoms with van der Waals surface area (Å²) in [7, 11) is 0. The summed E-state index contributed by atoms with van der Waals surface area (Å²) in [5.74, 6) is -0.973. The molecule has 1 saturated heterocycles. The number of anilines is 1. The Bertz CT molecular complexity index is 869. The Labute approximate surface area is 152 Å². The number of nitrogens with one attached hydrogen (secondary N) is 1. The summed E-state index contributed by atoms with van der Waals surface area (Å²) in [6.07, 6.45) is -0.986. The number of alkyl halides is 2. The van der Waals surface area contributed by atoms with Gasteiger partial charge >= 0.3 is 6.29 Å². The van der Waals surface area contributed by atoms with E-state index in [1.807, 2.05) is 0 Å². The van der Waals surface area contributed by atoms with Crippen molar-refractivity contribution in [3.05, 3.63) is 42.4 Å². The van der Waals surface area contributed by atoms with Gasteiger partial charge in [0.15, 0.2) is 17.3 Å². The zero-order valence-electron chi connectivity index (χ0n) is 14.1. The molecule has 0 bridgehead atoms. The van der Waals surface area contributed by atoms with Crippen LogP contribution in [0.2, 0.25) is 0 Å². The van der Waals surface area contributed by atoms with Crippen LogP contribution in [-0.2, 0) is 4.79 Å². The summed E-state index contributed by atoms with van der Waals surface area (Å²) >= 11 is 0. The molecule has 27 heavy (non-hydrogen) atoms. The predicted octanol–water partition coefficient (Wildman–Crippen LogP) is 3.09. The lowest BCUT2D eigenvalue weighted by Gasteiger charge is -2.31. The molecule has 2 amide bonds. The van der Waals surface area contributed by atoms with Crippen molar-refractivity contribution < 1.29 is 32.3 Å².